The lowest BCUT2D eigenvalue weighted by molar-refractivity contribution is 0.489. The van der Waals surface area contributed by atoms with Gasteiger partial charge in [-0.15, -0.1) is 21.5 Å². The zero-order valence-corrected chi connectivity index (χ0v) is 15.4. The van der Waals surface area contributed by atoms with Crippen LogP contribution < -0.4 is 0 Å². The Hall–Kier alpha value is -1.99. The van der Waals surface area contributed by atoms with E-state index in [1.54, 1.807) is 23.1 Å². The third kappa shape index (κ3) is 3.14. The standard InChI is InChI=1S/C18H17FN4S2/c1-2-23-16(21-22-18(23)24-9-5-8-19)15-11-13-10-12-6-3-4-7-14(12)20-17(13)25-15/h3-4,6-7,10-11H,2,5,8-9H2,1H3. The van der Waals surface area contributed by atoms with Crippen molar-refractivity contribution in [3.63, 3.8) is 0 Å². The Labute approximate surface area is 153 Å². The molecule has 0 aliphatic carbocycles. The van der Waals surface area contributed by atoms with Gasteiger partial charge in [-0.1, -0.05) is 30.0 Å². The summed E-state index contributed by atoms with van der Waals surface area (Å²) in [4.78, 5) is 6.83. The molecular weight excluding hydrogens is 355 g/mol. The quantitative estimate of drug-likeness (QED) is 0.345. The zero-order chi connectivity index (χ0) is 17.2. The number of benzene rings is 1. The maximum atomic E-state index is 12.3. The van der Waals surface area contributed by atoms with Crippen LogP contribution in [0.25, 0.3) is 31.8 Å². The largest absolute Gasteiger partial charge is 0.302 e. The topological polar surface area (TPSA) is 43.6 Å². The average molecular weight is 372 g/mol. The fourth-order valence-corrected chi connectivity index (χ4v) is 4.69. The van der Waals surface area contributed by atoms with Crippen LogP contribution in [0.4, 0.5) is 4.39 Å². The van der Waals surface area contributed by atoms with Gasteiger partial charge in [0.15, 0.2) is 11.0 Å². The van der Waals surface area contributed by atoms with E-state index < -0.39 is 0 Å². The molecule has 25 heavy (non-hydrogen) atoms. The lowest BCUT2D eigenvalue weighted by atomic mass is 10.2. The predicted molar refractivity (Wildman–Crippen MR) is 103 cm³/mol. The molecular formula is C18H17FN4S2. The van der Waals surface area contributed by atoms with Crippen molar-refractivity contribution < 1.29 is 4.39 Å². The molecule has 4 rings (SSSR count). The molecule has 3 heterocycles. The lowest BCUT2D eigenvalue weighted by Gasteiger charge is -2.05. The number of para-hydroxylation sites is 1. The molecule has 0 spiro atoms. The van der Waals surface area contributed by atoms with Gasteiger partial charge in [-0.25, -0.2) is 4.98 Å². The average Bonchev–Trinajstić information content (AvgIpc) is 3.22. The summed E-state index contributed by atoms with van der Waals surface area (Å²) in [5.41, 5.74) is 1.00. The minimum atomic E-state index is -0.296. The highest BCUT2D eigenvalue weighted by atomic mass is 32.2. The second kappa shape index (κ2) is 7.09. The van der Waals surface area contributed by atoms with Crippen LogP contribution in [-0.2, 0) is 6.54 Å². The van der Waals surface area contributed by atoms with Crippen LogP contribution in [-0.4, -0.2) is 32.2 Å². The van der Waals surface area contributed by atoms with Crippen molar-refractivity contribution in [2.75, 3.05) is 12.4 Å². The molecule has 0 saturated carbocycles. The van der Waals surface area contributed by atoms with Crippen molar-refractivity contribution in [1.29, 1.82) is 0 Å². The third-order valence-electron chi connectivity index (χ3n) is 3.97. The van der Waals surface area contributed by atoms with Crippen molar-refractivity contribution in [2.24, 2.45) is 0 Å². The Morgan fingerprint density at radius 2 is 2.04 bits per heavy atom. The fraction of sp³-hybridized carbons (Fsp3) is 0.278. The Kier molecular flexibility index (Phi) is 4.67. The summed E-state index contributed by atoms with van der Waals surface area (Å²) in [7, 11) is 0. The Morgan fingerprint density at radius 1 is 1.16 bits per heavy atom. The van der Waals surface area contributed by atoms with Crippen LogP contribution in [0.2, 0.25) is 0 Å². The molecule has 0 bridgehead atoms. The van der Waals surface area contributed by atoms with Gasteiger partial charge in [0.25, 0.3) is 0 Å². The summed E-state index contributed by atoms with van der Waals surface area (Å²) in [6.07, 6.45) is 0.538. The Bertz CT molecular complexity index is 972. The molecule has 0 saturated heterocycles. The molecule has 4 aromatic rings. The highest BCUT2D eigenvalue weighted by Crippen LogP contribution is 2.34. The second-order valence-corrected chi connectivity index (χ2v) is 7.72. The minimum absolute atomic E-state index is 0.296. The normalized spacial score (nSPS) is 11.6. The van der Waals surface area contributed by atoms with Gasteiger partial charge in [-0.3, -0.25) is 4.39 Å². The monoisotopic (exact) mass is 372 g/mol. The minimum Gasteiger partial charge on any atom is -0.302 e. The van der Waals surface area contributed by atoms with E-state index in [4.69, 9.17) is 4.98 Å². The zero-order valence-electron chi connectivity index (χ0n) is 13.8. The summed E-state index contributed by atoms with van der Waals surface area (Å²) in [6, 6.07) is 12.4. The van der Waals surface area contributed by atoms with Gasteiger partial charge in [0.1, 0.15) is 4.83 Å². The van der Waals surface area contributed by atoms with Crippen molar-refractivity contribution >= 4 is 44.2 Å². The van der Waals surface area contributed by atoms with Gasteiger partial charge in [0.05, 0.1) is 17.1 Å². The van der Waals surface area contributed by atoms with Gasteiger partial charge >= 0.3 is 0 Å². The van der Waals surface area contributed by atoms with Crippen molar-refractivity contribution in [3.05, 3.63) is 36.4 Å². The van der Waals surface area contributed by atoms with Crippen molar-refractivity contribution in [2.45, 2.75) is 25.0 Å². The summed E-state index contributed by atoms with van der Waals surface area (Å²) in [6.45, 7) is 2.56. The first kappa shape index (κ1) is 16.5. The van der Waals surface area contributed by atoms with E-state index in [0.29, 0.717) is 12.2 Å². The van der Waals surface area contributed by atoms with E-state index in [-0.39, 0.29) is 6.67 Å². The first-order valence-electron chi connectivity index (χ1n) is 8.22. The second-order valence-electron chi connectivity index (χ2n) is 5.63. The van der Waals surface area contributed by atoms with Crippen molar-refractivity contribution in [1.82, 2.24) is 19.7 Å². The number of fused-ring (bicyclic) bond motifs is 2. The first-order chi connectivity index (χ1) is 12.3. The van der Waals surface area contributed by atoms with Gasteiger partial charge in [-0.05, 0) is 31.5 Å². The summed E-state index contributed by atoms with van der Waals surface area (Å²) >= 11 is 3.19. The molecule has 0 fully saturated rings. The van der Waals surface area contributed by atoms with Gasteiger partial charge in [0, 0.05) is 23.1 Å². The Balaban J connectivity index is 1.75. The molecule has 0 unspecified atom stereocenters. The third-order valence-corrected chi connectivity index (χ3v) is 6.07. The number of thiophene rings is 1. The molecule has 4 nitrogen and oxygen atoms in total. The molecule has 0 aliphatic rings. The molecule has 7 heteroatoms. The molecule has 0 aliphatic heterocycles. The summed E-state index contributed by atoms with van der Waals surface area (Å²) in [5, 5.41) is 11.8. The van der Waals surface area contributed by atoms with E-state index in [0.717, 1.165) is 43.5 Å². The fourth-order valence-electron chi connectivity index (χ4n) is 2.77. The SMILES string of the molecule is CCn1c(SCCCF)nnc1-c1cc2cc3ccccc3nc2s1. The number of rotatable bonds is 6. The molecule has 0 amide bonds. The molecule has 1 aromatic carbocycles. The molecule has 0 N–H and O–H groups in total. The maximum Gasteiger partial charge on any atom is 0.191 e. The van der Waals surface area contributed by atoms with Crippen LogP contribution in [0.15, 0.2) is 41.6 Å². The number of halogens is 1. The van der Waals surface area contributed by atoms with Crippen molar-refractivity contribution in [3.8, 4) is 10.7 Å². The van der Waals surface area contributed by atoms with Gasteiger partial charge in [-0.2, -0.15) is 0 Å². The van der Waals surface area contributed by atoms with Crippen LogP contribution in [0.3, 0.4) is 0 Å². The highest BCUT2D eigenvalue weighted by molar-refractivity contribution is 7.99. The highest BCUT2D eigenvalue weighted by Gasteiger charge is 2.16. The molecule has 0 radical (unpaired) electrons. The summed E-state index contributed by atoms with van der Waals surface area (Å²) < 4.78 is 14.4. The smallest absolute Gasteiger partial charge is 0.191 e. The number of hydrogen-bond acceptors (Lipinski definition) is 5. The number of hydrogen-bond donors (Lipinski definition) is 0. The van der Waals surface area contributed by atoms with Crippen LogP contribution in [0.5, 0.6) is 0 Å². The van der Waals surface area contributed by atoms with Gasteiger partial charge in [0.2, 0.25) is 0 Å². The van der Waals surface area contributed by atoms with E-state index in [9.17, 15) is 4.39 Å². The number of nitrogens with zero attached hydrogens (tertiary/aromatic N) is 4. The maximum absolute atomic E-state index is 12.3. The number of aromatic nitrogens is 4. The Morgan fingerprint density at radius 3 is 2.88 bits per heavy atom. The number of thioether (sulfide) groups is 1. The number of pyridine rings is 1. The van der Waals surface area contributed by atoms with E-state index in [2.05, 4.69) is 39.9 Å². The molecule has 128 valence electrons. The van der Waals surface area contributed by atoms with E-state index >= 15 is 0 Å². The van der Waals surface area contributed by atoms with E-state index in [1.807, 2.05) is 18.2 Å². The van der Waals surface area contributed by atoms with Crippen LogP contribution in [0.1, 0.15) is 13.3 Å². The van der Waals surface area contributed by atoms with Crippen LogP contribution in [0, 0.1) is 0 Å². The lowest BCUT2D eigenvalue weighted by Crippen LogP contribution is -1.99. The summed E-state index contributed by atoms with van der Waals surface area (Å²) in [5.74, 6) is 1.57. The molecule has 0 atom stereocenters. The first-order valence-corrected chi connectivity index (χ1v) is 10.0. The molecule has 3 aromatic heterocycles. The predicted octanol–water partition coefficient (Wildman–Crippen LogP) is 5.18. The number of alkyl halides is 1. The van der Waals surface area contributed by atoms with Gasteiger partial charge < -0.3 is 4.57 Å². The van der Waals surface area contributed by atoms with Crippen LogP contribution >= 0.6 is 23.1 Å². The van der Waals surface area contributed by atoms with E-state index in [1.165, 1.54) is 0 Å².